The maximum absolute atomic E-state index is 12.1. The Labute approximate surface area is 83.5 Å². The third-order valence-electron chi connectivity index (χ3n) is 1.11. The lowest BCUT2D eigenvalue weighted by molar-refractivity contribution is 0.558. The average molecular weight is 301 g/mol. The summed E-state index contributed by atoms with van der Waals surface area (Å²) in [6.45, 7) is 0. The Bertz CT molecular complexity index is 379. The highest BCUT2D eigenvalue weighted by molar-refractivity contribution is 14.1. The summed E-state index contributed by atoms with van der Waals surface area (Å²) in [7, 11) is -4.65. The molecule has 0 fully saturated rings. The van der Waals surface area contributed by atoms with Gasteiger partial charge in [0.25, 0.3) is 0 Å². The monoisotopic (exact) mass is 301 g/mol. The Morgan fingerprint density at radius 1 is 1.33 bits per heavy atom. The highest BCUT2D eigenvalue weighted by Gasteiger charge is 2.07. The second-order valence-corrected chi connectivity index (χ2v) is 4.26. The molecule has 0 aliphatic carbocycles. The summed E-state index contributed by atoms with van der Waals surface area (Å²) < 4.78 is 34.9. The molecule has 0 aliphatic rings. The fourth-order valence-corrected chi connectivity index (χ4v) is 1.82. The van der Waals surface area contributed by atoms with Gasteiger partial charge in [0.1, 0.15) is 0 Å². The van der Waals surface area contributed by atoms with Crippen molar-refractivity contribution in [2.45, 2.75) is 0 Å². The molecule has 0 heterocycles. The summed E-state index contributed by atoms with van der Waals surface area (Å²) in [5, 5.41) is 0. The molecule has 12 heavy (non-hydrogen) atoms. The quantitative estimate of drug-likeness (QED) is 0.670. The second-order valence-electron chi connectivity index (χ2n) is 2.02. The number of halogens is 2. The smallest absolute Gasteiger partial charge is 0.256 e. The van der Waals surface area contributed by atoms with Crippen molar-refractivity contribution in [3.05, 3.63) is 27.8 Å². The summed E-state index contributed by atoms with van der Waals surface area (Å²) in [6.07, 6.45) is 0. The van der Waals surface area contributed by atoms with Gasteiger partial charge < -0.3 is 0 Å². The molecule has 0 aliphatic heterocycles. The summed E-state index contributed by atoms with van der Waals surface area (Å²) in [5.74, 6) is 0. The first-order valence-electron chi connectivity index (χ1n) is 2.96. The molecule has 0 saturated carbocycles. The van der Waals surface area contributed by atoms with Crippen molar-refractivity contribution in [2.75, 3.05) is 4.72 Å². The summed E-state index contributed by atoms with van der Waals surface area (Å²) in [6, 6.07) is 6.51. The van der Waals surface area contributed by atoms with Gasteiger partial charge >= 0.3 is 10.4 Å². The third kappa shape index (κ3) is 2.94. The van der Waals surface area contributed by atoms with Crippen molar-refractivity contribution in [3.8, 4) is 0 Å². The molecule has 0 aromatic heterocycles. The van der Waals surface area contributed by atoms with Crippen molar-refractivity contribution in [1.29, 1.82) is 0 Å². The van der Waals surface area contributed by atoms with Gasteiger partial charge in [0.2, 0.25) is 0 Å². The van der Waals surface area contributed by atoms with E-state index in [9.17, 15) is 12.3 Å². The van der Waals surface area contributed by atoms with Crippen LogP contribution in [0.5, 0.6) is 0 Å². The van der Waals surface area contributed by atoms with Crippen LogP contribution < -0.4 is 4.72 Å². The van der Waals surface area contributed by atoms with Gasteiger partial charge in [0.05, 0.1) is 5.69 Å². The van der Waals surface area contributed by atoms with Crippen molar-refractivity contribution in [3.63, 3.8) is 0 Å². The Hall–Kier alpha value is -0.370. The van der Waals surface area contributed by atoms with Gasteiger partial charge in [-0.3, -0.25) is 4.72 Å². The lowest BCUT2D eigenvalue weighted by Gasteiger charge is -2.02. The van der Waals surface area contributed by atoms with Crippen LogP contribution in [0.1, 0.15) is 0 Å². The topological polar surface area (TPSA) is 46.2 Å². The van der Waals surface area contributed by atoms with Crippen molar-refractivity contribution in [1.82, 2.24) is 0 Å². The first-order valence-corrected chi connectivity index (χ1v) is 5.42. The first kappa shape index (κ1) is 9.72. The van der Waals surface area contributed by atoms with Crippen LogP contribution in [-0.4, -0.2) is 8.42 Å². The minimum absolute atomic E-state index is 0.251. The number of hydrogen-bond acceptors (Lipinski definition) is 2. The first-order chi connectivity index (χ1) is 5.49. The number of para-hydroxylation sites is 1. The van der Waals surface area contributed by atoms with E-state index in [1.54, 1.807) is 22.9 Å². The number of rotatable bonds is 2. The zero-order valence-electron chi connectivity index (χ0n) is 5.79. The highest BCUT2D eigenvalue weighted by atomic mass is 127. The van der Waals surface area contributed by atoms with E-state index in [-0.39, 0.29) is 5.69 Å². The Balaban J connectivity index is 2.98. The molecule has 1 rings (SSSR count). The zero-order chi connectivity index (χ0) is 9.19. The van der Waals surface area contributed by atoms with Crippen LogP contribution in [0.3, 0.4) is 0 Å². The molecule has 6 heteroatoms. The third-order valence-corrected chi connectivity index (χ3v) is 2.51. The van der Waals surface area contributed by atoms with E-state index in [0.29, 0.717) is 3.57 Å². The fourth-order valence-electron chi connectivity index (χ4n) is 0.675. The minimum atomic E-state index is -4.65. The lowest BCUT2D eigenvalue weighted by Crippen LogP contribution is -2.06. The van der Waals surface area contributed by atoms with Crippen LogP contribution in [0, 0.1) is 3.57 Å². The van der Waals surface area contributed by atoms with E-state index < -0.39 is 10.4 Å². The standard InChI is InChI=1S/C6H5FINO2S/c7-12(10,11)9-6-4-2-1-3-5(6)8/h1-4,9H. The van der Waals surface area contributed by atoms with E-state index in [2.05, 4.69) is 0 Å². The maximum atomic E-state index is 12.1. The van der Waals surface area contributed by atoms with Crippen molar-refractivity contribution < 1.29 is 12.3 Å². The SMILES string of the molecule is O=S(=O)(F)Nc1ccccc1I. The normalized spacial score (nSPS) is 11.2. The Morgan fingerprint density at radius 2 is 1.92 bits per heavy atom. The molecule has 0 amide bonds. The number of anilines is 1. The maximum Gasteiger partial charge on any atom is 0.397 e. The second kappa shape index (κ2) is 3.56. The molecular formula is C6H5FINO2S. The van der Waals surface area contributed by atoms with Crippen LogP contribution in [0.4, 0.5) is 9.57 Å². The minimum Gasteiger partial charge on any atom is -0.256 e. The summed E-state index contributed by atoms with van der Waals surface area (Å²) in [4.78, 5) is 0. The van der Waals surface area contributed by atoms with Crippen LogP contribution in [0.15, 0.2) is 24.3 Å². The van der Waals surface area contributed by atoms with Crippen molar-refractivity contribution in [2.24, 2.45) is 0 Å². The molecule has 1 N–H and O–H groups in total. The molecular weight excluding hydrogens is 296 g/mol. The van der Waals surface area contributed by atoms with E-state index >= 15 is 0 Å². The molecule has 0 unspecified atom stereocenters. The number of hydrogen-bond donors (Lipinski definition) is 1. The average Bonchev–Trinajstić information content (AvgIpc) is 1.91. The van der Waals surface area contributed by atoms with E-state index in [4.69, 9.17) is 0 Å². The molecule has 0 bridgehead atoms. The molecule has 0 radical (unpaired) electrons. The lowest BCUT2D eigenvalue weighted by atomic mass is 10.3. The zero-order valence-corrected chi connectivity index (χ0v) is 8.76. The molecule has 1 aromatic rings. The van der Waals surface area contributed by atoms with Crippen LogP contribution in [0.25, 0.3) is 0 Å². The van der Waals surface area contributed by atoms with Gasteiger partial charge in [-0.25, -0.2) is 0 Å². The van der Waals surface area contributed by atoms with Crippen molar-refractivity contribution >= 4 is 38.7 Å². The molecule has 3 nitrogen and oxygen atoms in total. The fraction of sp³-hybridized carbons (Fsp3) is 0. The van der Waals surface area contributed by atoms with Crippen LogP contribution in [0.2, 0.25) is 0 Å². The predicted molar refractivity (Wildman–Crippen MR) is 52.8 cm³/mol. The van der Waals surface area contributed by atoms with E-state index in [0.717, 1.165) is 0 Å². The summed E-state index contributed by atoms with van der Waals surface area (Å²) >= 11 is 1.91. The number of nitrogens with one attached hydrogen (secondary N) is 1. The van der Waals surface area contributed by atoms with Gasteiger partial charge in [0, 0.05) is 3.57 Å². The Morgan fingerprint density at radius 3 is 2.42 bits per heavy atom. The van der Waals surface area contributed by atoms with Gasteiger partial charge in [-0.15, -0.1) is 0 Å². The molecule has 0 saturated heterocycles. The molecule has 0 spiro atoms. The van der Waals surface area contributed by atoms with Gasteiger partial charge in [-0.1, -0.05) is 16.0 Å². The van der Waals surface area contributed by atoms with Crippen LogP contribution in [-0.2, 0) is 10.4 Å². The predicted octanol–water partition coefficient (Wildman–Crippen LogP) is 1.92. The van der Waals surface area contributed by atoms with Crippen LogP contribution >= 0.6 is 22.6 Å². The molecule has 1 aromatic carbocycles. The van der Waals surface area contributed by atoms with Gasteiger partial charge in [-0.2, -0.15) is 8.42 Å². The highest BCUT2D eigenvalue weighted by Crippen LogP contribution is 2.18. The summed E-state index contributed by atoms with van der Waals surface area (Å²) in [5.41, 5.74) is 0.251. The van der Waals surface area contributed by atoms with Gasteiger partial charge in [-0.05, 0) is 34.7 Å². The van der Waals surface area contributed by atoms with E-state index in [1.807, 2.05) is 22.6 Å². The largest absolute Gasteiger partial charge is 0.397 e. The van der Waals surface area contributed by atoms with Gasteiger partial charge in [0.15, 0.2) is 0 Å². The molecule has 66 valence electrons. The molecule has 0 atom stereocenters. The Kier molecular flexibility index (Phi) is 2.89. The van der Waals surface area contributed by atoms with E-state index in [1.165, 1.54) is 6.07 Å². The number of benzene rings is 1.